The summed E-state index contributed by atoms with van der Waals surface area (Å²) >= 11 is 5.89. The first-order valence-corrected chi connectivity index (χ1v) is 9.94. The Bertz CT molecular complexity index is 621. The van der Waals surface area contributed by atoms with Crippen LogP contribution in [0.1, 0.15) is 44.6 Å². The Hall–Kier alpha value is -1.26. The van der Waals surface area contributed by atoms with Crippen LogP contribution in [0.3, 0.4) is 0 Å². The second kappa shape index (κ2) is 7.16. The molecule has 1 N–H and O–H groups in total. The minimum absolute atomic E-state index is 0.0748. The number of carbonyl (C=O) groups is 1. The number of piperidine rings is 2. The van der Waals surface area contributed by atoms with E-state index in [-0.39, 0.29) is 12.2 Å². The van der Waals surface area contributed by atoms with E-state index < -0.39 is 0 Å². The van der Waals surface area contributed by atoms with E-state index in [9.17, 15) is 4.79 Å². The molecule has 136 valence electrons. The van der Waals surface area contributed by atoms with Crippen molar-refractivity contribution in [2.45, 2.75) is 63.8 Å². The Labute approximate surface area is 154 Å². The zero-order chi connectivity index (χ0) is 17.4. The van der Waals surface area contributed by atoms with Gasteiger partial charge in [-0.2, -0.15) is 0 Å². The number of halogens is 1. The van der Waals surface area contributed by atoms with Gasteiger partial charge in [-0.3, -0.25) is 4.90 Å². The van der Waals surface area contributed by atoms with E-state index in [0.717, 1.165) is 12.0 Å². The van der Waals surface area contributed by atoms with E-state index in [1.165, 1.54) is 32.2 Å². The highest BCUT2D eigenvalue weighted by Gasteiger charge is 2.51. The van der Waals surface area contributed by atoms with Crippen molar-refractivity contribution in [3.8, 4) is 0 Å². The molecule has 2 aliphatic heterocycles. The van der Waals surface area contributed by atoms with E-state index in [0.29, 0.717) is 35.5 Å². The number of alkyl carbamates (subject to hydrolysis) is 1. The van der Waals surface area contributed by atoms with Gasteiger partial charge in [-0.1, -0.05) is 30.2 Å². The molecule has 2 bridgehead atoms. The molecule has 1 aromatic carbocycles. The molecule has 3 unspecified atom stereocenters. The zero-order valence-electron chi connectivity index (χ0n) is 14.8. The van der Waals surface area contributed by atoms with Crippen LogP contribution in [0.4, 0.5) is 4.79 Å². The molecule has 2 heterocycles. The van der Waals surface area contributed by atoms with Crippen molar-refractivity contribution in [3.63, 3.8) is 0 Å². The number of carbonyl (C=O) groups excluding carboxylic acids is 1. The molecule has 4 nitrogen and oxygen atoms in total. The lowest BCUT2D eigenvalue weighted by molar-refractivity contribution is -0.0105. The van der Waals surface area contributed by atoms with Crippen molar-refractivity contribution in [1.82, 2.24) is 10.2 Å². The smallest absolute Gasteiger partial charge is 0.407 e. The first-order chi connectivity index (χ1) is 12.1. The summed E-state index contributed by atoms with van der Waals surface area (Å²) in [7, 11) is 0. The van der Waals surface area contributed by atoms with E-state index in [1.54, 1.807) is 0 Å². The summed E-state index contributed by atoms with van der Waals surface area (Å²) in [5.41, 5.74) is 1.03. The first kappa shape index (κ1) is 17.2. The van der Waals surface area contributed by atoms with Gasteiger partial charge in [0.05, 0.1) is 0 Å². The van der Waals surface area contributed by atoms with E-state index in [2.05, 4.69) is 17.1 Å². The second-order valence-electron chi connectivity index (χ2n) is 7.86. The maximum Gasteiger partial charge on any atom is 0.407 e. The Kier molecular flexibility index (Phi) is 4.92. The molecule has 1 aliphatic carbocycles. The molecule has 2 saturated heterocycles. The fourth-order valence-electron chi connectivity index (χ4n) is 5.18. The number of nitrogens with one attached hydrogen (secondary N) is 1. The van der Waals surface area contributed by atoms with Crippen molar-refractivity contribution >= 4 is 17.7 Å². The number of nitrogens with zero attached hydrogens (tertiary/aromatic N) is 1. The normalized spacial score (nSPS) is 34.4. The highest BCUT2D eigenvalue weighted by molar-refractivity contribution is 6.30. The molecule has 1 saturated carbocycles. The van der Waals surface area contributed by atoms with Crippen LogP contribution in [-0.4, -0.2) is 35.7 Å². The van der Waals surface area contributed by atoms with Gasteiger partial charge in [-0.15, -0.1) is 0 Å². The lowest BCUT2D eigenvalue weighted by Crippen LogP contribution is -2.54. The summed E-state index contributed by atoms with van der Waals surface area (Å²) in [5, 5.41) is 3.59. The van der Waals surface area contributed by atoms with Gasteiger partial charge in [-0.25, -0.2) is 4.79 Å². The third kappa shape index (κ3) is 3.52. The fourth-order valence-corrected chi connectivity index (χ4v) is 5.30. The van der Waals surface area contributed by atoms with Crippen LogP contribution in [-0.2, 0) is 11.3 Å². The third-order valence-electron chi connectivity index (χ3n) is 6.49. The Morgan fingerprint density at radius 2 is 2.08 bits per heavy atom. The van der Waals surface area contributed by atoms with Crippen LogP contribution in [0.15, 0.2) is 24.3 Å². The topological polar surface area (TPSA) is 41.6 Å². The number of amides is 1. The van der Waals surface area contributed by atoms with Gasteiger partial charge in [0.25, 0.3) is 0 Å². The number of benzene rings is 1. The molecule has 25 heavy (non-hydrogen) atoms. The Morgan fingerprint density at radius 3 is 2.88 bits per heavy atom. The molecule has 3 aliphatic rings. The largest absolute Gasteiger partial charge is 0.446 e. The fraction of sp³-hybridized carbons (Fsp3) is 0.650. The molecular weight excluding hydrogens is 336 g/mol. The highest BCUT2D eigenvalue weighted by atomic mass is 35.5. The number of hydrogen-bond acceptors (Lipinski definition) is 3. The van der Waals surface area contributed by atoms with Crippen LogP contribution in [0.25, 0.3) is 0 Å². The number of ether oxygens (including phenoxy) is 1. The van der Waals surface area contributed by atoms with Crippen molar-refractivity contribution < 1.29 is 9.53 Å². The number of rotatable bonds is 3. The Morgan fingerprint density at radius 1 is 1.28 bits per heavy atom. The van der Waals surface area contributed by atoms with Gasteiger partial charge in [0.15, 0.2) is 0 Å². The van der Waals surface area contributed by atoms with Crippen molar-refractivity contribution in [3.05, 3.63) is 34.9 Å². The van der Waals surface area contributed by atoms with Crippen molar-refractivity contribution in [2.75, 3.05) is 6.54 Å². The lowest BCUT2D eigenvalue weighted by atomic mass is 9.81. The van der Waals surface area contributed by atoms with Crippen molar-refractivity contribution in [1.29, 1.82) is 0 Å². The minimum atomic E-state index is -0.289. The summed E-state index contributed by atoms with van der Waals surface area (Å²) in [5.74, 6) is 1.19. The SMILES string of the molecule is C[C@H]1C2CC(OC(=O)NCc3ccc(Cl)cc3)C(C2)[C@H]2CCCCN21. The summed E-state index contributed by atoms with van der Waals surface area (Å²) < 4.78 is 5.87. The quantitative estimate of drug-likeness (QED) is 0.875. The van der Waals surface area contributed by atoms with Gasteiger partial charge in [0.2, 0.25) is 0 Å². The molecule has 5 heteroatoms. The Balaban J connectivity index is 1.34. The standard InChI is InChI=1S/C20H27ClN2O2/c1-13-15-10-17(18-4-2-3-9-23(13)18)19(11-15)25-20(24)22-12-14-5-7-16(21)8-6-14/h5-8,13,15,17-19H,2-4,9-12H2,1H3,(H,22,24)/t13-,15?,17?,18+,19?/m0/s1. The third-order valence-corrected chi connectivity index (χ3v) is 6.74. The molecule has 1 amide bonds. The number of hydrogen-bond donors (Lipinski definition) is 1. The average molecular weight is 363 g/mol. The molecule has 3 fully saturated rings. The predicted octanol–water partition coefficient (Wildman–Crippen LogP) is 4.22. The molecular formula is C20H27ClN2O2. The van der Waals surface area contributed by atoms with Crippen LogP contribution in [0.5, 0.6) is 0 Å². The molecule has 0 spiro atoms. The highest BCUT2D eigenvalue weighted by Crippen LogP contribution is 2.47. The monoisotopic (exact) mass is 362 g/mol. The van der Waals surface area contributed by atoms with Crippen LogP contribution in [0.2, 0.25) is 5.02 Å². The summed E-state index contributed by atoms with van der Waals surface area (Å²) in [6.07, 6.45) is 5.91. The van der Waals surface area contributed by atoms with E-state index in [4.69, 9.17) is 16.3 Å². The van der Waals surface area contributed by atoms with Gasteiger partial charge >= 0.3 is 6.09 Å². The van der Waals surface area contributed by atoms with Gasteiger partial charge in [0.1, 0.15) is 6.10 Å². The summed E-state index contributed by atoms with van der Waals surface area (Å²) in [6.45, 7) is 4.05. The van der Waals surface area contributed by atoms with Gasteiger partial charge in [-0.05, 0) is 62.8 Å². The maximum atomic E-state index is 12.3. The first-order valence-electron chi connectivity index (χ1n) is 9.56. The summed E-state index contributed by atoms with van der Waals surface area (Å²) in [4.78, 5) is 15.0. The van der Waals surface area contributed by atoms with E-state index in [1.807, 2.05) is 24.3 Å². The van der Waals surface area contributed by atoms with E-state index >= 15 is 0 Å². The second-order valence-corrected chi connectivity index (χ2v) is 8.30. The molecule has 0 radical (unpaired) electrons. The maximum absolute atomic E-state index is 12.3. The molecule has 1 aromatic rings. The van der Waals surface area contributed by atoms with Crippen LogP contribution < -0.4 is 5.32 Å². The molecule has 0 aromatic heterocycles. The van der Waals surface area contributed by atoms with Gasteiger partial charge in [0, 0.05) is 29.6 Å². The average Bonchev–Trinajstić information content (AvgIpc) is 3.00. The van der Waals surface area contributed by atoms with Crippen LogP contribution >= 0.6 is 11.6 Å². The molecule has 5 atom stereocenters. The molecule has 4 rings (SSSR count). The minimum Gasteiger partial charge on any atom is -0.446 e. The van der Waals surface area contributed by atoms with Crippen LogP contribution in [0, 0.1) is 11.8 Å². The predicted molar refractivity (Wildman–Crippen MR) is 98.6 cm³/mol. The lowest BCUT2D eigenvalue weighted by Gasteiger charge is -2.47. The zero-order valence-corrected chi connectivity index (χ0v) is 15.5. The van der Waals surface area contributed by atoms with Crippen molar-refractivity contribution in [2.24, 2.45) is 11.8 Å². The number of fused-ring (bicyclic) bond motifs is 4. The summed E-state index contributed by atoms with van der Waals surface area (Å²) in [6, 6.07) is 8.76. The van der Waals surface area contributed by atoms with Gasteiger partial charge < -0.3 is 10.1 Å².